The molecule has 1 aromatic carbocycles. The zero-order valence-electron chi connectivity index (χ0n) is 9.33. The lowest BCUT2D eigenvalue weighted by molar-refractivity contribution is 0.312. The maximum Gasteiger partial charge on any atom is 0.0178 e. The molecule has 14 heavy (non-hydrogen) atoms. The van der Waals surface area contributed by atoms with Crippen LogP contribution in [0, 0.1) is 0 Å². The van der Waals surface area contributed by atoms with Gasteiger partial charge in [-0.2, -0.15) is 0 Å². The van der Waals surface area contributed by atoms with Gasteiger partial charge in [0.15, 0.2) is 0 Å². The summed E-state index contributed by atoms with van der Waals surface area (Å²) < 4.78 is 0. The summed E-state index contributed by atoms with van der Waals surface area (Å²) in [5.41, 5.74) is 8.12. The molecular weight excluding hydrogens is 172 g/mol. The van der Waals surface area contributed by atoms with Gasteiger partial charge in [0.05, 0.1) is 0 Å². The van der Waals surface area contributed by atoms with E-state index >= 15 is 0 Å². The quantitative estimate of drug-likeness (QED) is 0.785. The molecule has 0 bridgehead atoms. The maximum atomic E-state index is 5.54. The third-order valence-electron chi connectivity index (χ3n) is 2.67. The van der Waals surface area contributed by atoms with E-state index in [0.29, 0.717) is 12.6 Å². The average Bonchev–Trinajstić information content (AvgIpc) is 2.19. The Labute approximate surface area is 86.7 Å². The van der Waals surface area contributed by atoms with Crippen molar-refractivity contribution in [2.45, 2.75) is 25.9 Å². The number of hydrogen-bond acceptors (Lipinski definition) is 2. The molecule has 0 aliphatic heterocycles. The van der Waals surface area contributed by atoms with Crippen LogP contribution in [0.25, 0.3) is 0 Å². The summed E-state index contributed by atoms with van der Waals surface area (Å²) in [5, 5.41) is 0. The van der Waals surface area contributed by atoms with Gasteiger partial charge in [-0.3, -0.25) is 0 Å². The van der Waals surface area contributed by atoms with Crippen molar-refractivity contribution in [1.82, 2.24) is 4.90 Å². The van der Waals surface area contributed by atoms with E-state index in [4.69, 9.17) is 5.73 Å². The van der Waals surface area contributed by atoms with Crippen LogP contribution in [0.3, 0.4) is 0 Å². The normalized spacial score (nSPS) is 13.2. The summed E-state index contributed by atoms with van der Waals surface area (Å²) >= 11 is 0. The lowest BCUT2D eigenvalue weighted by atomic mass is 10.0. The summed E-state index contributed by atoms with van der Waals surface area (Å²) in [6, 6.07) is 9.14. The van der Waals surface area contributed by atoms with Gasteiger partial charge in [-0.25, -0.2) is 0 Å². The highest BCUT2D eigenvalue weighted by Gasteiger charge is 2.04. The first-order valence-corrected chi connectivity index (χ1v) is 5.07. The molecule has 78 valence electrons. The van der Waals surface area contributed by atoms with Crippen molar-refractivity contribution in [3.8, 4) is 0 Å². The molecule has 2 heteroatoms. The summed E-state index contributed by atoms with van der Waals surface area (Å²) in [5.74, 6) is 0. The summed E-state index contributed by atoms with van der Waals surface area (Å²) in [6.45, 7) is 2.86. The van der Waals surface area contributed by atoms with Gasteiger partial charge in [0, 0.05) is 12.6 Å². The van der Waals surface area contributed by atoms with Crippen LogP contribution >= 0.6 is 0 Å². The van der Waals surface area contributed by atoms with Crippen LogP contribution in [-0.2, 0) is 13.0 Å². The average molecular weight is 192 g/mol. The lowest BCUT2D eigenvalue weighted by Crippen LogP contribution is -2.26. The van der Waals surface area contributed by atoms with Gasteiger partial charge < -0.3 is 10.6 Å². The number of likely N-dealkylation sites (N-methyl/N-ethyl adjacent to an activating group) is 1. The molecule has 0 spiro atoms. The van der Waals surface area contributed by atoms with Gasteiger partial charge in [-0.1, -0.05) is 24.3 Å². The van der Waals surface area contributed by atoms with Gasteiger partial charge in [-0.05, 0) is 38.6 Å². The second-order valence-corrected chi connectivity index (χ2v) is 4.04. The fraction of sp³-hybridized carbons (Fsp3) is 0.500. The molecule has 2 N–H and O–H groups in total. The Balaban J connectivity index is 2.59. The van der Waals surface area contributed by atoms with E-state index < -0.39 is 0 Å². The summed E-state index contributed by atoms with van der Waals surface area (Å²) in [4.78, 5) is 2.23. The molecule has 0 aliphatic carbocycles. The minimum absolute atomic E-state index is 0.582. The SMILES string of the molecule is CC(Cc1ccc(CN)cc1)N(C)C. The number of nitrogens with zero attached hydrogens (tertiary/aromatic N) is 1. The van der Waals surface area contributed by atoms with Crippen LogP contribution in [0.2, 0.25) is 0 Å². The van der Waals surface area contributed by atoms with Crippen molar-refractivity contribution in [1.29, 1.82) is 0 Å². The first kappa shape index (κ1) is 11.2. The van der Waals surface area contributed by atoms with Crippen molar-refractivity contribution >= 4 is 0 Å². The van der Waals surface area contributed by atoms with Crippen LogP contribution in [-0.4, -0.2) is 25.0 Å². The number of nitrogens with two attached hydrogens (primary N) is 1. The Morgan fingerprint density at radius 2 is 1.64 bits per heavy atom. The molecule has 1 atom stereocenters. The molecule has 0 amide bonds. The summed E-state index contributed by atoms with van der Waals surface area (Å²) in [7, 11) is 4.22. The van der Waals surface area contributed by atoms with E-state index in [9.17, 15) is 0 Å². The molecule has 2 nitrogen and oxygen atoms in total. The Morgan fingerprint density at radius 1 is 1.14 bits per heavy atom. The largest absolute Gasteiger partial charge is 0.326 e. The van der Waals surface area contributed by atoms with Gasteiger partial charge in [0.25, 0.3) is 0 Å². The highest BCUT2D eigenvalue weighted by Crippen LogP contribution is 2.08. The van der Waals surface area contributed by atoms with Crippen LogP contribution in [0.1, 0.15) is 18.1 Å². The fourth-order valence-corrected chi connectivity index (χ4v) is 1.34. The minimum Gasteiger partial charge on any atom is -0.326 e. The second kappa shape index (κ2) is 5.13. The van der Waals surface area contributed by atoms with E-state index in [2.05, 4.69) is 50.2 Å². The van der Waals surface area contributed by atoms with Crippen molar-refractivity contribution < 1.29 is 0 Å². The maximum absolute atomic E-state index is 5.54. The van der Waals surface area contributed by atoms with E-state index in [1.807, 2.05) is 0 Å². The van der Waals surface area contributed by atoms with Crippen LogP contribution in [0.5, 0.6) is 0 Å². The first-order chi connectivity index (χ1) is 6.63. The topological polar surface area (TPSA) is 29.3 Å². The van der Waals surface area contributed by atoms with E-state index in [1.54, 1.807) is 0 Å². The molecule has 1 rings (SSSR count). The third kappa shape index (κ3) is 3.13. The number of hydrogen-bond donors (Lipinski definition) is 1. The molecule has 0 saturated heterocycles. The van der Waals surface area contributed by atoms with Gasteiger partial charge >= 0.3 is 0 Å². The van der Waals surface area contributed by atoms with Crippen LogP contribution in [0.15, 0.2) is 24.3 Å². The molecule has 1 unspecified atom stereocenters. The molecule has 0 heterocycles. The van der Waals surface area contributed by atoms with Gasteiger partial charge in [-0.15, -0.1) is 0 Å². The Morgan fingerprint density at radius 3 is 2.07 bits per heavy atom. The van der Waals surface area contributed by atoms with E-state index in [0.717, 1.165) is 6.42 Å². The van der Waals surface area contributed by atoms with Crippen molar-refractivity contribution in [2.75, 3.05) is 14.1 Å². The smallest absolute Gasteiger partial charge is 0.0178 e. The molecule has 0 fully saturated rings. The Kier molecular flexibility index (Phi) is 4.11. The van der Waals surface area contributed by atoms with Crippen LogP contribution in [0.4, 0.5) is 0 Å². The fourth-order valence-electron chi connectivity index (χ4n) is 1.34. The number of rotatable bonds is 4. The number of benzene rings is 1. The second-order valence-electron chi connectivity index (χ2n) is 4.04. The monoisotopic (exact) mass is 192 g/mol. The third-order valence-corrected chi connectivity index (χ3v) is 2.67. The zero-order valence-corrected chi connectivity index (χ0v) is 9.33. The molecule has 0 radical (unpaired) electrons. The van der Waals surface area contributed by atoms with E-state index in [-0.39, 0.29) is 0 Å². The summed E-state index contributed by atoms with van der Waals surface area (Å²) in [6.07, 6.45) is 1.10. The van der Waals surface area contributed by atoms with E-state index in [1.165, 1.54) is 11.1 Å². The van der Waals surface area contributed by atoms with Crippen molar-refractivity contribution in [3.05, 3.63) is 35.4 Å². The molecule has 0 aliphatic rings. The Bertz CT molecular complexity index is 264. The zero-order chi connectivity index (χ0) is 10.6. The predicted octanol–water partition coefficient (Wildman–Crippen LogP) is 1.64. The molecular formula is C12H20N2. The van der Waals surface area contributed by atoms with Crippen LogP contribution < -0.4 is 5.73 Å². The van der Waals surface area contributed by atoms with Crippen molar-refractivity contribution in [3.63, 3.8) is 0 Å². The first-order valence-electron chi connectivity index (χ1n) is 5.07. The van der Waals surface area contributed by atoms with Crippen molar-refractivity contribution in [2.24, 2.45) is 5.73 Å². The molecule has 0 aromatic heterocycles. The predicted molar refractivity (Wildman–Crippen MR) is 61.2 cm³/mol. The molecule has 0 saturated carbocycles. The minimum atomic E-state index is 0.582. The Hall–Kier alpha value is -0.860. The highest BCUT2D eigenvalue weighted by molar-refractivity contribution is 5.22. The lowest BCUT2D eigenvalue weighted by Gasteiger charge is -2.19. The van der Waals surface area contributed by atoms with Gasteiger partial charge in [0.2, 0.25) is 0 Å². The van der Waals surface area contributed by atoms with Gasteiger partial charge in [0.1, 0.15) is 0 Å². The highest BCUT2D eigenvalue weighted by atomic mass is 15.1. The molecule has 1 aromatic rings. The standard InChI is InChI=1S/C12H20N2/c1-10(14(2)3)8-11-4-6-12(9-13)7-5-11/h4-7,10H,8-9,13H2,1-3H3.